The van der Waals surface area contributed by atoms with Crippen LogP contribution in [0.2, 0.25) is 5.02 Å². The second-order valence-corrected chi connectivity index (χ2v) is 5.33. The molecule has 0 aliphatic carbocycles. The van der Waals surface area contributed by atoms with Gasteiger partial charge in [-0.25, -0.2) is 0 Å². The van der Waals surface area contributed by atoms with Gasteiger partial charge in [0.2, 0.25) is 0 Å². The van der Waals surface area contributed by atoms with E-state index in [4.69, 9.17) is 16.3 Å². The van der Waals surface area contributed by atoms with Gasteiger partial charge in [-0.1, -0.05) is 25.4 Å². The molecule has 6 heteroatoms. The minimum Gasteiger partial charge on any atom is -0.380 e. The zero-order chi connectivity index (χ0) is 15.1. The van der Waals surface area contributed by atoms with Crippen molar-refractivity contribution in [1.82, 2.24) is 5.32 Å². The lowest BCUT2D eigenvalue weighted by Crippen LogP contribution is -2.37. The van der Waals surface area contributed by atoms with E-state index in [0.29, 0.717) is 30.7 Å². The first-order valence-electron chi connectivity index (χ1n) is 6.69. The summed E-state index contributed by atoms with van der Waals surface area (Å²) in [6.45, 7) is 7.92. The molecule has 1 unspecified atom stereocenters. The number of ether oxygens (including phenoxy) is 1. The topological polar surface area (TPSA) is 64.4 Å². The van der Waals surface area contributed by atoms with Crippen molar-refractivity contribution in [3.8, 4) is 0 Å². The summed E-state index contributed by atoms with van der Waals surface area (Å²) in [4.78, 5) is 10.4. The van der Waals surface area contributed by atoms with Crippen LogP contribution in [0.3, 0.4) is 0 Å². The molecule has 1 aromatic rings. The van der Waals surface area contributed by atoms with E-state index in [9.17, 15) is 10.1 Å². The zero-order valence-electron chi connectivity index (χ0n) is 12.1. The highest BCUT2D eigenvalue weighted by atomic mass is 35.5. The molecule has 0 aliphatic heterocycles. The van der Waals surface area contributed by atoms with E-state index < -0.39 is 4.92 Å². The number of hydrogen-bond donors (Lipinski definition) is 1. The molecule has 0 aromatic heterocycles. The Kier molecular flexibility index (Phi) is 6.91. The number of nitro groups is 1. The molecular formula is C14H21ClN2O3. The van der Waals surface area contributed by atoms with Crippen LogP contribution in [0.15, 0.2) is 18.2 Å². The number of nitrogens with zero attached hydrogens (tertiary/aromatic N) is 1. The van der Waals surface area contributed by atoms with E-state index in [0.717, 1.165) is 5.56 Å². The van der Waals surface area contributed by atoms with Gasteiger partial charge in [-0.2, -0.15) is 0 Å². The Morgan fingerprint density at radius 2 is 2.15 bits per heavy atom. The number of rotatable bonds is 8. The van der Waals surface area contributed by atoms with Gasteiger partial charge in [0.25, 0.3) is 5.69 Å². The first-order chi connectivity index (χ1) is 9.45. The Morgan fingerprint density at radius 1 is 1.45 bits per heavy atom. The van der Waals surface area contributed by atoms with Crippen molar-refractivity contribution >= 4 is 17.3 Å². The molecule has 1 N–H and O–H groups in total. The number of halogens is 1. The van der Waals surface area contributed by atoms with Gasteiger partial charge in [-0.3, -0.25) is 10.1 Å². The summed E-state index contributed by atoms with van der Waals surface area (Å²) in [5.41, 5.74) is 0.778. The summed E-state index contributed by atoms with van der Waals surface area (Å²) >= 11 is 6.07. The summed E-state index contributed by atoms with van der Waals surface area (Å²) in [7, 11) is 0. The third kappa shape index (κ3) is 5.07. The number of benzene rings is 1. The SMILES string of the molecule is CCOCC(NCc1cc([N+](=O)[O-])ccc1Cl)C(C)C. The highest BCUT2D eigenvalue weighted by Crippen LogP contribution is 2.22. The van der Waals surface area contributed by atoms with Crippen molar-refractivity contribution in [2.75, 3.05) is 13.2 Å². The van der Waals surface area contributed by atoms with Crippen molar-refractivity contribution in [2.45, 2.75) is 33.4 Å². The van der Waals surface area contributed by atoms with Gasteiger partial charge in [-0.15, -0.1) is 0 Å². The Labute approximate surface area is 124 Å². The fourth-order valence-electron chi connectivity index (χ4n) is 1.78. The Balaban J connectivity index is 2.71. The summed E-state index contributed by atoms with van der Waals surface area (Å²) in [6.07, 6.45) is 0. The van der Waals surface area contributed by atoms with Crippen molar-refractivity contribution in [3.05, 3.63) is 38.9 Å². The molecule has 0 spiro atoms. The lowest BCUT2D eigenvalue weighted by Gasteiger charge is -2.22. The van der Waals surface area contributed by atoms with E-state index in [1.165, 1.54) is 12.1 Å². The first kappa shape index (κ1) is 16.9. The molecule has 112 valence electrons. The van der Waals surface area contributed by atoms with Crippen LogP contribution in [0.25, 0.3) is 0 Å². The van der Waals surface area contributed by atoms with Gasteiger partial charge in [0.05, 0.1) is 11.5 Å². The van der Waals surface area contributed by atoms with E-state index in [1.807, 2.05) is 6.92 Å². The smallest absolute Gasteiger partial charge is 0.269 e. The van der Waals surface area contributed by atoms with Gasteiger partial charge in [-0.05, 0) is 24.5 Å². The lowest BCUT2D eigenvalue weighted by atomic mass is 10.0. The average molecular weight is 301 g/mol. The fraction of sp³-hybridized carbons (Fsp3) is 0.571. The predicted molar refractivity (Wildman–Crippen MR) is 80.1 cm³/mol. The van der Waals surface area contributed by atoms with Crippen LogP contribution in [0.4, 0.5) is 5.69 Å². The lowest BCUT2D eigenvalue weighted by molar-refractivity contribution is -0.384. The van der Waals surface area contributed by atoms with Crippen molar-refractivity contribution < 1.29 is 9.66 Å². The maximum atomic E-state index is 10.8. The van der Waals surface area contributed by atoms with Gasteiger partial charge >= 0.3 is 0 Å². The molecule has 0 amide bonds. The van der Waals surface area contributed by atoms with Crippen molar-refractivity contribution in [3.63, 3.8) is 0 Å². The molecule has 1 atom stereocenters. The Bertz CT molecular complexity index is 452. The van der Waals surface area contributed by atoms with Crippen LogP contribution in [0, 0.1) is 16.0 Å². The van der Waals surface area contributed by atoms with Gasteiger partial charge < -0.3 is 10.1 Å². The second-order valence-electron chi connectivity index (χ2n) is 4.92. The van der Waals surface area contributed by atoms with Crippen LogP contribution in [-0.2, 0) is 11.3 Å². The normalized spacial score (nSPS) is 12.7. The molecule has 0 aliphatic rings. The minimum atomic E-state index is -0.417. The van der Waals surface area contributed by atoms with Crippen molar-refractivity contribution in [1.29, 1.82) is 0 Å². The highest BCUT2D eigenvalue weighted by Gasteiger charge is 2.15. The molecule has 5 nitrogen and oxygen atoms in total. The summed E-state index contributed by atoms with van der Waals surface area (Å²) in [5.74, 6) is 0.402. The van der Waals surface area contributed by atoms with E-state index in [-0.39, 0.29) is 11.7 Å². The predicted octanol–water partition coefficient (Wildman–Crippen LogP) is 3.40. The molecule has 20 heavy (non-hydrogen) atoms. The maximum absolute atomic E-state index is 10.8. The first-order valence-corrected chi connectivity index (χ1v) is 7.07. The maximum Gasteiger partial charge on any atom is 0.269 e. The largest absolute Gasteiger partial charge is 0.380 e. The summed E-state index contributed by atoms with van der Waals surface area (Å²) in [5, 5.41) is 14.6. The highest BCUT2D eigenvalue weighted by molar-refractivity contribution is 6.31. The van der Waals surface area contributed by atoms with Crippen LogP contribution in [0.1, 0.15) is 26.3 Å². The molecule has 0 bridgehead atoms. The fourth-order valence-corrected chi connectivity index (χ4v) is 1.97. The molecule has 0 heterocycles. The zero-order valence-corrected chi connectivity index (χ0v) is 12.8. The third-order valence-corrected chi connectivity index (χ3v) is 3.47. The Hall–Kier alpha value is -1.17. The number of non-ortho nitro benzene ring substituents is 1. The van der Waals surface area contributed by atoms with Crippen LogP contribution < -0.4 is 5.32 Å². The Morgan fingerprint density at radius 3 is 2.70 bits per heavy atom. The number of hydrogen-bond acceptors (Lipinski definition) is 4. The monoisotopic (exact) mass is 300 g/mol. The minimum absolute atomic E-state index is 0.0529. The van der Waals surface area contributed by atoms with E-state index >= 15 is 0 Å². The molecule has 0 radical (unpaired) electrons. The van der Waals surface area contributed by atoms with Crippen LogP contribution in [0.5, 0.6) is 0 Å². The van der Waals surface area contributed by atoms with Gasteiger partial charge in [0.15, 0.2) is 0 Å². The molecular weight excluding hydrogens is 280 g/mol. The molecule has 0 fully saturated rings. The van der Waals surface area contributed by atoms with Gasteiger partial charge in [0.1, 0.15) is 0 Å². The van der Waals surface area contributed by atoms with E-state index in [2.05, 4.69) is 19.2 Å². The third-order valence-electron chi connectivity index (χ3n) is 3.10. The molecule has 0 saturated heterocycles. The van der Waals surface area contributed by atoms with Crippen LogP contribution in [-0.4, -0.2) is 24.2 Å². The molecule has 0 saturated carbocycles. The summed E-state index contributed by atoms with van der Waals surface area (Å²) < 4.78 is 5.43. The van der Waals surface area contributed by atoms with Crippen molar-refractivity contribution in [2.24, 2.45) is 5.92 Å². The summed E-state index contributed by atoms with van der Waals surface area (Å²) in [6, 6.07) is 4.66. The molecule has 1 rings (SSSR count). The van der Waals surface area contributed by atoms with Gasteiger partial charge in [0, 0.05) is 36.3 Å². The second kappa shape index (κ2) is 8.19. The van der Waals surface area contributed by atoms with E-state index in [1.54, 1.807) is 6.07 Å². The number of nitro benzene ring substituents is 1. The standard InChI is InChI=1S/C14H21ClN2O3/c1-4-20-9-14(10(2)3)16-8-11-7-12(17(18)19)5-6-13(11)15/h5-7,10,14,16H,4,8-9H2,1-3H3. The van der Waals surface area contributed by atoms with Crippen LogP contribution >= 0.6 is 11.6 Å². The average Bonchev–Trinajstić information content (AvgIpc) is 2.39. The molecule has 1 aromatic carbocycles. The quantitative estimate of drug-likeness (QED) is 0.590. The number of nitrogens with one attached hydrogen (secondary N) is 1.